The lowest BCUT2D eigenvalue weighted by Gasteiger charge is -2.37. The molecule has 0 atom stereocenters. The molecular formula is C18H24N4O. The van der Waals surface area contributed by atoms with Crippen LogP contribution in [0, 0.1) is 31.1 Å². The van der Waals surface area contributed by atoms with Gasteiger partial charge in [0.25, 0.3) is 0 Å². The van der Waals surface area contributed by atoms with Crippen LogP contribution in [0.25, 0.3) is 0 Å². The summed E-state index contributed by atoms with van der Waals surface area (Å²) in [4.78, 5) is 20.9. The lowest BCUT2D eigenvalue weighted by atomic mass is 10.1. The predicted molar refractivity (Wildman–Crippen MR) is 89.2 cm³/mol. The van der Waals surface area contributed by atoms with Crippen molar-refractivity contribution in [2.45, 2.75) is 39.5 Å². The van der Waals surface area contributed by atoms with Gasteiger partial charge in [-0.3, -0.25) is 9.78 Å². The number of anilines is 1. The summed E-state index contributed by atoms with van der Waals surface area (Å²) in [7, 11) is 0. The van der Waals surface area contributed by atoms with Crippen LogP contribution < -0.4 is 4.90 Å². The first-order chi connectivity index (χ1) is 11.1. The maximum atomic E-state index is 12.5. The van der Waals surface area contributed by atoms with Gasteiger partial charge in [0.05, 0.1) is 23.5 Å². The zero-order chi connectivity index (χ0) is 16.4. The molecule has 1 aliphatic heterocycles. The summed E-state index contributed by atoms with van der Waals surface area (Å²) in [5.41, 5.74) is 3.07. The van der Waals surface area contributed by atoms with Crippen LogP contribution in [-0.4, -0.2) is 42.0 Å². The van der Waals surface area contributed by atoms with Gasteiger partial charge in [0.1, 0.15) is 6.07 Å². The monoisotopic (exact) mass is 312 g/mol. The quantitative estimate of drug-likeness (QED) is 0.860. The van der Waals surface area contributed by atoms with E-state index < -0.39 is 0 Å². The van der Waals surface area contributed by atoms with E-state index in [2.05, 4.69) is 11.1 Å². The normalized spacial score (nSPS) is 19.3. The van der Waals surface area contributed by atoms with E-state index in [1.807, 2.05) is 29.7 Å². The van der Waals surface area contributed by atoms with Gasteiger partial charge in [-0.25, -0.2) is 0 Å². The molecule has 5 nitrogen and oxygen atoms in total. The molecule has 1 aromatic rings. The van der Waals surface area contributed by atoms with Crippen LogP contribution in [0.15, 0.2) is 6.07 Å². The predicted octanol–water partition coefficient (Wildman–Crippen LogP) is 2.41. The fourth-order valence-corrected chi connectivity index (χ4v) is 3.81. The Morgan fingerprint density at radius 1 is 1.30 bits per heavy atom. The van der Waals surface area contributed by atoms with Crippen LogP contribution in [-0.2, 0) is 4.79 Å². The highest BCUT2D eigenvalue weighted by Crippen LogP contribution is 2.28. The van der Waals surface area contributed by atoms with E-state index in [0.717, 1.165) is 36.7 Å². The zero-order valence-electron chi connectivity index (χ0n) is 14.0. The minimum atomic E-state index is 0.180. The van der Waals surface area contributed by atoms with E-state index >= 15 is 0 Å². The van der Waals surface area contributed by atoms with Crippen molar-refractivity contribution < 1.29 is 4.79 Å². The lowest BCUT2D eigenvalue weighted by Crippen LogP contribution is -2.51. The van der Waals surface area contributed by atoms with Gasteiger partial charge in [0, 0.05) is 25.3 Å². The molecule has 1 aliphatic carbocycles. The van der Waals surface area contributed by atoms with E-state index in [1.54, 1.807) is 0 Å². The Morgan fingerprint density at radius 2 is 2.04 bits per heavy atom. The molecule has 3 rings (SSSR count). The van der Waals surface area contributed by atoms with E-state index in [4.69, 9.17) is 0 Å². The van der Waals surface area contributed by atoms with Crippen molar-refractivity contribution in [3.05, 3.63) is 23.0 Å². The fourth-order valence-electron chi connectivity index (χ4n) is 3.81. The number of hydrogen-bond donors (Lipinski definition) is 0. The van der Waals surface area contributed by atoms with Crippen molar-refractivity contribution in [3.63, 3.8) is 0 Å². The average Bonchev–Trinajstić information content (AvgIpc) is 3.01. The molecule has 1 saturated heterocycles. The summed E-state index contributed by atoms with van der Waals surface area (Å²) in [6.07, 6.45) is 5.13. The van der Waals surface area contributed by atoms with Gasteiger partial charge in [-0.2, -0.15) is 5.26 Å². The van der Waals surface area contributed by atoms with Crippen molar-refractivity contribution in [1.29, 1.82) is 5.26 Å². The minimum Gasteiger partial charge on any atom is -0.359 e. The average molecular weight is 312 g/mol. The van der Waals surface area contributed by atoms with E-state index in [0.29, 0.717) is 18.0 Å². The molecule has 2 fully saturated rings. The molecular weight excluding hydrogens is 288 g/mol. The van der Waals surface area contributed by atoms with Crippen LogP contribution >= 0.6 is 0 Å². The number of pyridine rings is 1. The van der Waals surface area contributed by atoms with Crippen LogP contribution in [0.5, 0.6) is 0 Å². The first kappa shape index (κ1) is 15.8. The lowest BCUT2D eigenvalue weighted by molar-refractivity contribution is -0.131. The molecule has 1 aromatic heterocycles. The first-order valence-electron chi connectivity index (χ1n) is 8.49. The van der Waals surface area contributed by atoms with Crippen molar-refractivity contribution in [2.75, 3.05) is 31.1 Å². The number of hydrogen-bond acceptors (Lipinski definition) is 4. The number of amides is 1. The molecule has 23 heavy (non-hydrogen) atoms. The topological polar surface area (TPSA) is 60.2 Å². The summed E-state index contributed by atoms with van der Waals surface area (Å²) in [6.45, 7) is 6.59. The highest BCUT2D eigenvalue weighted by Gasteiger charge is 2.28. The van der Waals surface area contributed by atoms with Crippen molar-refractivity contribution in [2.24, 2.45) is 5.92 Å². The Bertz CT molecular complexity index is 643. The minimum absolute atomic E-state index is 0.180. The van der Waals surface area contributed by atoms with Gasteiger partial charge in [-0.1, -0.05) is 12.8 Å². The molecule has 0 bridgehead atoms. The molecule has 0 radical (unpaired) electrons. The summed E-state index contributed by atoms with van der Waals surface area (Å²) in [5.74, 6) is 0.866. The van der Waals surface area contributed by atoms with Crippen LogP contribution in [0.2, 0.25) is 0 Å². The van der Waals surface area contributed by atoms with E-state index in [9.17, 15) is 10.1 Å². The number of aromatic nitrogens is 1. The second-order valence-electron chi connectivity index (χ2n) is 6.77. The molecule has 1 saturated carbocycles. The molecule has 0 unspecified atom stereocenters. The molecule has 1 amide bonds. The molecule has 5 heteroatoms. The van der Waals surface area contributed by atoms with Crippen LogP contribution in [0.3, 0.4) is 0 Å². The summed E-state index contributed by atoms with van der Waals surface area (Å²) in [5, 5.41) is 9.42. The Hall–Kier alpha value is -2.09. The third-order valence-corrected chi connectivity index (χ3v) is 5.03. The Morgan fingerprint density at radius 3 is 2.70 bits per heavy atom. The third-order valence-electron chi connectivity index (χ3n) is 5.03. The summed E-state index contributed by atoms with van der Waals surface area (Å²) >= 11 is 0. The molecule has 0 spiro atoms. The zero-order valence-corrected chi connectivity index (χ0v) is 14.0. The van der Waals surface area contributed by atoms with E-state index in [1.165, 1.54) is 25.7 Å². The maximum Gasteiger partial charge on any atom is 0.242 e. The molecule has 2 heterocycles. The summed E-state index contributed by atoms with van der Waals surface area (Å²) in [6, 6.07) is 4.17. The number of carbonyl (C=O) groups excluding carboxylic acids is 1. The molecule has 2 aliphatic rings. The van der Waals surface area contributed by atoms with E-state index in [-0.39, 0.29) is 5.91 Å². The van der Waals surface area contributed by atoms with Crippen molar-refractivity contribution >= 4 is 11.6 Å². The van der Waals surface area contributed by atoms with Gasteiger partial charge < -0.3 is 9.80 Å². The van der Waals surface area contributed by atoms with Gasteiger partial charge in [-0.05, 0) is 38.7 Å². The number of nitriles is 1. The van der Waals surface area contributed by atoms with Crippen molar-refractivity contribution in [1.82, 2.24) is 9.88 Å². The second kappa shape index (κ2) is 6.57. The second-order valence-corrected chi connectivity index (χ2v) is 6.77. The number of carbonyl (C=O) groups is 1. The van der Waals surface area contributed by atoms with Crippen LogP contribution in [0.1, 0.15) is 42.6 Å². The highest BCUT2D eigenvalue weighted by molar-refractivity contribution is 5.83. The first-order valence-corrected chi connectivity index (χ1v) is 8.49. The SMILES string of the molecule is Cc1cc(N2CCN(CC3CCCC3)C(=O)C2)c(C#N)c(C)n1. The molecule has 0 aromatic carbocycles. The standard InChI is InChI=1S/C18H24N4O/c1-13-9-17(16(10-19)14(2)20-13)21-7-8-22(18(23)12-21)11-15-5-3-4-6-15/h9,15H,3-8,11-12H2,1-2H3. The number of nitrogens with zero attached hydrogens (tertiary/aromatic N) is 4. The van der Waals surface area contributed by atoms with Crippen molar-refractivity contribution in [3.8, 4) is 6.07 Å². The fraction of sp³-hybridized carbons (Fsp3) is 0.611. The maximum absolute atomic E-state index is 12.5. The number of aryl methyl sites for hydroxylation is 2. The molecule has 122 valence electrons. The Kier molecular flexibility index (Phi) is 4.51. The van der Waals surface area contributed by atoms with Gasteiger partial charge in [0.2, 0.25) is 5.91 Å². The van der Waals surface area contributed by atoms with Gasteiger partial charge in [-0.15, -0.1) is 0 Å². The highest BCUT2D eigenvalue weighted by atomic mass is 16.2. The molecule has 0 N–H and O–H groups in total. The Balaban J connectivity index is 1.73. The number of rotatable bonds is 3. The Labute approximate surface area is 137 Å². The third kappa shape index (κ3) is 3.31. The van der Waals surface area contributed by atoms with Crippen LogP contribution in [0.4, 0.5) is 5.69 Å². The van der Waals surface area contributed by atoms with Gasteiger partial charge >= 0.3 is 0 Å². The summed E-state index contributed by atoms with van der Waals surface area (Å²) < 4.78 is 0. The smallest absolute Gasteiger partial charge is 0.242 e. The van der Waals surface area contributed by atoms with Gasteiger partial charge in [0.15, 0.2) is 0 Å². The number of piperazine rings is 1. The largest absolute Gasteiger partial charge is 0.359 e.